The van der Waals surface area contributed by atoms with Gasteiger partial charge >= 0.3 is 0 Å². The molecule has 4 heteroatoms. The Morgan fingerprint density at radius 3 is 2.74 bits per heavy atom. The van der Waals surface area contributed by atoms with Gasteiger partial charge in [-0.1, -0.05) is 12.1 Å². The van der Waals surface area contributed by atoms with Crippen LogP contribution < -0.4 is 5.73 Å². The average molecular weight is 332 g/mol. The number of halogens is 1. The summed E-state index contributed by atoms with van der Waals surface area (Å²) in [6.45, 7) is 0. The van der Waals surface area contributed by atoms with Crippen LogP contribution in [0.4, 0.5) is 5.69 Å². The van der Waals surface area contributed by atoms with E-state index in [1.807, 2.05) is 29.6 Å². The molecule has 1 aromatic heterocycles. The van der Waals surface area contributed by atoms with Crippen LogP contribution in [0.3, 0.4) is 0 Å². The van der Waals surface area contributed by atoms with Gasteiger partial charge in [-0.05, 0) is 57.0 Å². The number of rotatable bonds is 2. The van der Waals surface area contributed by atoms with Crippen molar-refractivity contribution in [3.63, 3.8) is 0 Å². The average Bonchev–Trinajstić information content (AvgIpc) is 2.86. The molecule has 0 atom stereocenters. The van der Waals surface area contributed by atoms with Crippen molar-refractivity contribution in [1.29, 1.82) is 0 Å². The van der Waals surface area contributed by atoms with Crippen LogP contribution in [0.15, 0.2) is 52.3 Å². The van der Waals surface area contributed by atoms with E-state index < -0.39 is 0 Å². The number of nitrogen functional groups attached to an aromatic ring is 1. The number of hydrogen-bond acceptors (Lipinski definition) is 3. The van der Waals surface area contributed by atoms with Crippen molar-refractivity contribution in [2.75, 3.05) is 5.73 Å². The second kappa shape index (κ2) is 4.79. The molecule has 2 nitrogen and oxygen atoms in total. The minimum atomic E-state index is 0.0138. The molecule has 0 bridgehead atoms. The molecular formula is C15H10BrNOS. The zero-order valence-corrected chi connectivity index (χ0v) is 12.3. The molecule has 94 valence electrons. The Hall–Kier alpha value is -1.65. The van der Waals surface area contributed by atoms with Gasteiger partial charge in [-0.25, -0.2) is 0 Å². The number of thiophene rings is 1. The summed E-state index contributed by atoms with van der Waals surface area (Å²) >= 11 is 4.99. The first-order chi connectivity index (χ1) is 9.16. The molecule has 2 aromatic carbocycles. The summed E-state index contributed by atoms with van der Waals surface area (Å²) in [4.78, 5) is 12.6. The molecule has 0 spiro atoms. The van der Waals surface area contributed by atoms with Gasteiger partial charge in [0.15, 0.2) is 5.78 Å². The molecule has 0 unspecified atom stereocenters. The molecule has 0 saturated heterocycles. The number of hydrogen-bond donors (Lipinski definition) is 1. The van der Waals surface area contributed by atoms with E-state index in [2.05, 4.69) is 15.9 Å². The molecule has 0 fully saturated rings. The first kappa shape index (κ1) is 12.4. The molecule has 0 aliphatic rings. The quantitative estimate of drug-likeness (QED) is 0.555. The highest BCUT2D eigenvalue weighted by atomic mass is 79.9. The van der Waals surface area contributed by atoms with Crippen molar-refractivity contribution in [3.8, 4) is 0 Å². The van der Waals surface area contributed by atoms with E-state index >= 15 is 0 Å². The maximum atomic E-state index is 12.6. The Balaban J connectivity index is 2.16. The molecule has 0 saturated carbocycles. The van der Waals surface area contributed by atoms with E-state index in [1.54, 1.807) is 29.5 Å². The molecule has 0 radical (unpaired) electrons. The Morgan fingerprint density at radius 2 is 1.95 bits per heavy atom. The van der Waals surface area contributed by atoms with Crippen LogP contribution in [-0.2, 0) is 0 Å². The number of fused-ring (bicyclic) bond motifs is 1. The maximum Gasteiger partial charge on any atom is 0.195 e. The normalized spacial score (nSPS) is 10.8. The number of carbonyl (C=O) groups excluding carboxylic acids is 1. The lowest BCUT2D eigenvalue weighted by molar-refractivity contribution is 0.104. The Bertz CT molecular complexity index is 779. The van der Waals surface area contributed by atoms with Crippen molar-refractivity contribution in [2.45, 2.75) is 0 Å². The molecule has 2 N–H and O–H groups in total. The molecule has 19 heavy (non-hydrogen) atoms. The van der Waals surface area contributed by atoms with Gasteiger partial charge in [0.1, 0.15) is 0 Å². The van der Waals surface area contributed by atoms with Crippen LogP contribution in [0.2, 0.25) is 0 Å². The third-order valence-electron chi connectivity index (χ3n) is 2.96. The monoisotopic (exact) mass is 331 g/mol. The Labute approximate surface area is 123 Å². The van der Waals surface area contributed by atoms with Gasteiger partial charge in [-0.15, -0.1) is 11.3 Å². The van der Waals surface area contributed by atoms with Crippen LogP contribution >= 0.6 is 27.3 Å². The molecule has 3 aromatic rings. The van der Waals surface area contributed by atoms with Gasteiger partial charge in [0, 0.05) is 26.0 Å². The predicted molar refractivity (Wildman–Crippen MR) is 83.8 cm³/mol. The summed E-state index contributed by atoms with van der Waals surface area (Å²) in [6, 6.07) is 13.1. The van der Waals surface area contributed by atoms with Gasteiger partial charge in [0.2, 0.25) is 0 Å². The fourth-order valence-electron chi connectivity index (χ4n) is 2.03. The van der Waals surface area contributed by atoms with Crippen molar-refractivity contribution in [1.82, 2.24) is 0 Å². The van der Waals surface area contributed by atoms with Crippen LogP contribution in [0, 0.1) is 0 Å². The number of nitrogens with two attached hydrogens (primary N) is 1. The zero-order chi connectivity index (χ0) is 13.4. The Kier molecular flexibility index (Phi) is 3.12. The van der Waals surface area contributed by atoms with Crippen LogP contribution in [0.1, 0.15) is 15.9 Å². The highest BCUT2D eigenvalue weighted by Crippen LogP contribution is 2.29. The largest absolute Gasteiger partial charge is 0.399 e. The van der Waals surface area contributed by atoms with Crippen LogP contribution in [0.5, 0.6) is 0 Å². The summed E-state index contributed by atoms with van der Waals surface area (Å²) in [6.07, 6.45) is 0. The highest BCUT2D eigenvalue weighted by Gasteiger charge is 2.15. The lowest BCUT2D eigenvalue weighted by Crippen LogP contribution is -2.03. The number of carbonyl (C=O) groups is 1. The van der Waals surface area contributed by atoms with Gasteiger partial charge in [0.05, 0.1) is 0 Å². The smallest absolute Gasteiger partial charge is 0.195 e. The summed E-state index contributed by atoms with van der Waals surface area (Å²) in [5.41, 5.74) is 7.71. The van der Waals surface area contributed by atoms with Crippen LogP contribution in [-0.4, -0.2) is 5.78 Å². The van der Waals surface area contributed by atoms with Gasteiger partial charge < -0.3 is 5.73 Å². The lowest BCUT2D eigenvalue weighted by atomic mass is 10.0. The molecule has 0 amide bonds. The number of ketones is 1. The van der Waals surface area contributed by atoms with E-state index in [-0.39, 0.29) is 5.78 Å². The highest BCUT2D eigenvalue weighted by molar-refractivity contribution is 9.10. The van der Waals surface area contributed by atoms with Gasteiger partial charge in [-0.3, -0.25) is 4.79 Å². The van der Waals surface area contributed by atoms with E-state index in [0.29, 0.717) is 11.3 Å². The first-order valence-electron chi connectivity index (χ1n) is 5.73. The second-order valence-electron chi connectivity index (χ2n) is 4.21. The summed E-state index contributed by atoms with van der Waals surface area (Å²) < 4.78 is 1.75. The van der Waals surface area contributed by atoms with Crippen molar-refractivity contribution in [2.24, 2.45) is 0 Å². The van der Waals surface area contributed by atoms with E-state index in [1.165, 1.54) is 0 Å². The molecule has 0 aliphatic heterocycles. The first-order valence-corrected chi connectivity index (χ1v) is 7.40. The molecule has 1 heterocycles. The standard InChI is InChI=1S/C15H10BrNOS/c16-13-8-10(17)4-5-11(13)14(18)12-3-1-2-9-6-7-19-15(9)12/h1-8H,17H2. The lowest BCUT2D eigenvalue weighted by Gasteiger charge is -2.06. The van der Waals surface area contributed by atoms with E-state index in [0.717, 1.165) is 20.1 Å². The van der Waals surface area contributed by atoms with Crippen LogP contribution in [0.25, 0.3) is 10.1 Å². The van der Waals surface area contributed by atoms with Crippen molar-refractivity contribution >= 4 is 48.8 Å². The topological polar surface area (TPSA) is 43.1 Å². The molecule has 0 aliphatic carbocycles. The van der Waals surface area contributed by atoms with E-state index in [4.69, 9.17) is 5.73 Å². The Morgan fingerprint density at radius 1 is 1.11 bits per heavy atom. The number of benzene rings is 2. The summed E-state index contributed by atoms with van der Waals surface area (Å²) in [5.74, 6) is 0.0138. The van der Waals surface area contributed by atoms with Crippen molar-refractivity contribution < 1.29 is 4.79 Å². The predicted octanol–water partition coefficient (Wildman–Crippen LogP) is 4.48. The van der Waals surface area contributed by atoms with Gasteiger partial charge in [-0.2, -0.15) is 0 Å². The SMILES string of the molecule is Nc1ccc(C(=O)c2cccc3ccsc23)c(Br)c1. The van der Waals surface area contributed by atoms with E-state index in [9.17, 15) is 4.79 Å². The molecular weight excluding hydrogens is 322 g/mol. The summed E-state index contributed by atoms with van der Waals surface area (Å²) in [5, 5.41) is 3.10. The van der Waals surface area contributed by atoms with Gasteiger partial charge in [0.25, 0.3) is 0 Å². The fourth-order valence-corrected chi connectivity index (χ4v) is 3.52. The maximum absolute atomic E-state index is 12.6. The fraction of sp³-hybridized carbons (Fsp3) is 0. The molecule has 3 rings (SSSR count). The second-order valence-corrected chi connectivity index (χ2v) is 5.98. The number of anilines is 1. The minimum Gasteiger partial charge on any atom is -0.399 e. The van der Waals surface area contributed by atoms with Crippen molar-refractivity contribution in [3.05, 3.63) is 63.4 Å². The third kappa shape index (κ3) is 2.17. The minimum absolute atomic E-state index is 0.0138. The summed E-state index contributed by atoms with van der Waals surface area (Å²) in [7, 11) is 0. The zero-order valence-electron chi connectivity index (χ0n) is 9.89. The third-order valence-corrected chi connectivity index (χ3v) is 4.58.